The predicted octanol–water partition coefficient (Wildman–Crippen LogP) is 1.66. The highest BCUT2D eigenvalue weighted by Crippen LogP contribution is 2.21. The van der Waals surface area contributed by atoms with Crippen LogP contribution in [0.1, 0.15) is 27.7 Å². The van der Waals surface area contributed by atoms with E-state index in [-0.39, 0.29) is 10.8 Å². The Labute approximate surface area is 75.7 Å². The van der Waals surface area contributed by atoms with Crippen LogP contribution in [0.15, 0.2) is 0 Å². The number of nitrogens with one attached hydrogen (secondary N) is 1. The minimum absolute atomic E-state index is 0.288. The summed E-state index contributed by atoms with van der Waals surface area (Å²) in [6, 6.07) is 0. The molecule has 0 atom stereocenters. The van der Waals surface area contributed by atoms with Gasteiger partial charge >= 0.3 is 0 Å². The van der Waals surface area contributed by atoms with E-state index < -0.39 is 0 Å². The van der Waals surface area contributed by atoms with Gasteiger partial charge in [0.1, 0.15) is 0 Å². The third-order valence-electron chi connectivity index (χ3n) is 2.19. The van der Waals surface area contributed by atoms with Crippen molar-refractivity contribution >= 4 is 0 Å². The van der Waals surface area contributed by atoms with Gasteiger partial charge in [-0.3, -0.25) is 0 Å². The van der Waals surface area contributed by atoms with Crippen LogP contribution in [0.2, 0.25) is 0 Å². The standard InChI is InChI=1S/C10H21NO/c1-9(2)5-11-6-10(3,4)8-12-7-9/h11H,5-8H2,1-4H3. The van der Waals surface area contributed by atoms with Crippen molar-refractivity contribution in [2.24, 2.45) is 10.8 Å². The van der Waals surface area contributed by atoms with Gasteiger partial charge in [0.15, 0.2) is 0 Å². The first kappa shape index (κ1) is 10.0. The van der Waals surface area contributed by atoms with Crippen molar-refractivity contribution in [2.75, 3.05) is 26.3 Å². The lowest BCUT2D eigenvalue weighted by Gasteiger charge is -2.34. The Morgan fingerprint density at radius 1 is 0.917 bits per heavy atom. The van der Waals surface area contributed by atoms with Crippen LogP contribution in [0.3, 0.4) is 0 Å². The van der Waals surface area contributed by atoms with Crippen molar-refractivity contribution in [2.45, 2.75) is 27.7 Å². The Bertz CT molecular complexity index is 122. The van der Waals surface area contributed by atoms with Crippen LogP contribution in [0.5, 0.6) is 0 Å². The van der Waals surface area contributed by atoms with Gasteiger partial charge in [0.25, 0.3) is 0 Å². The Morgan fingerprint density at radius 3 is 1.75 bits per heavy atom. The third kappa shape index (κ3) is 3.11. The second-order valence-electron chi connectivity index (χ2n) is 5.42. The molecule has 1 aliphatic rings. The molecule has 0 aromatic heterocycles. The molecule has 1 rings (SSSR count). The normalized spacial score (nSPS) is 29.0. The molecule has 0 amide bonds. The molecule has 2 heteroatoms. The molecule has 1 saturated heterocycles. The van der Waals surface area contributed by atoms with Crippen LogP contribution in [0, 0.1) is 10.8 Å². The maximum Gasteiger partial charge on any atom is 0.0529 e. The van der Waals surface area contributed by atoms with Gasteiger partial charge in [0, 0.05) is 23.9 Å². The average molecular weight is 171 g/mol. The van der Waals surface area contributed by atoms with E-state index >= 15 is 0 Å². The van der Waals surface area contributed by atoms with E-state index in [9.17, 15) is 0 Å². The minimum atomic E-state index is 0.288. The lowest BCUT2D eigenvalue weighted by molar-refractivity contribution is -0.00122. The summed E-state index contributed by atoms with van der Waals surface area (Å²) in [4.78, 5) is 0. The second kappa shape index (κ2) is 3.35. The quantitative estimate of drug-likeness (QED) is 0.598. The first-order chi connectivity index (χ1) is 5.41. The summed E-state index contributed by atoms with van der Waals surface area (Å²) >= 11 is 0. The molecule has 0 radical (unpaired) electrons. The molecule has 0 aromatic carbocycles. The van der Waals surface area contributed by atoms with Crippen LogP contribution in [-0.2, 0) is 4.74 Å². The van der Waals surface area contributed by atoms with Gasteiger partial charge < -0.3 is 10.1 Å². The lowest BCUT2D eigenvalue weighted by atomic mass is 9.90. The lowest BCUT2D eigenvalue weighted by Crippen LogP contribution is -2.43. The number of rotatable bonds is 0. The molecule has 12 heavy (non-hydrogen) atoms. The first-order valence-corrected chi connectivity index (χ1v) is 4.70. The first-order valence-electron chi connectivity index (χ1n) is 4.70. The van der Waals surface area contributed by atoms with Gasteiger partial charge in [-0.25, -0.2) is 0 Å². The molecule has 0 saturated carbocycles. The van der Waals surface area contributed by atoms with Crippen LogP contribution in [-0.4, -0.2) is 26.3 Å². The highest BCUT2D eigenvalue weighted by Gasteiger charge is 2.26. The van der Waals surface area contributed by atoms with Gasteiger partial charge in [-0.1, -0.05) is 27.7 Å². The van der Waals surface area contributed by atoms with Gasteiger partial charge in [-0.15, -0.1) is 0 Å². The molecular weight excluding hydrogens is 150 g/mol. The van der Waals surface area contributed by atoms with Crippen molar-refractivity contribution in [1.82, 2.24) is 5.32 Å². The van der Waals surface area contributed by atoms with E-state index in [1.54, 1.807) is 0 Å². The monoisotopic (exact) mass is 171 g/mol. The molecule has 0 spiro atoms. The molecule has 0 unspecified atom stereocenters. The molecule has 0 aliphatic carbocycles. The Kier molecular flexibility index (Phi) is 2.79. The average Bonchev–Trinajstić information content (AvgIpc) is 1.82. The maximum atomic E-state index is 5.66. The summed E-state index contributed by atoms with van der Waals surface area (Å²) < 4.78 is 5.66. The Morgan fingerprint density at radius 2 is 1.33 bits per heavy atom. The van der Waals surface area contributed by atoms with E-state index in [1.165, 1.54) is 0 Å². The van der Waals surface area contributed by atoms with E-state index in [4.69, 9.17) is 4.74 Å². The highest BCUT2D eigenvalue weighted by atomic mass is 16.5. The summed E-state index contributed by atoms with van der Waals surface area (Å²) in [6.45, 7) is 12.8. The van der Waals surface area contributed by atoms with E-state index in [0.717, 1.165) is 26.3 Å². The molecule has 1 fully saturated rings. The molecule has 2 nitrogen and oxygen atoms in total. The van der Waals surface area contributed by atoms with Gasteiger partial charge in [0.05, 0.1) is 13.2 Å². The van der Waals surface area contributed by atoms with Gasteiger partial charge in [-0.2, -0.15) is 0 Å². The van der Waals surface area contributed by atoms with Crippen molar-refractivity contribution < 1.29 is 4.74 Å². The molecule has 1 heterocycles. The third-order valence-corrected chi connectivity index (χ3v) is 2.19. The largest absolute Gasteiger partial charge is 0.380 e. The smallest absolute Gasteiger partial charge is 0.0529 e. The van der Waals surface area contributed by atoms with Crippen LogP contribution in [0.4, 0.5) is 0 Å². The van der Waals surface area contributed by atoms with E-state index in [1.807, 2.05) is 0 Å². The summed E-state index contributed by atoms with van der Waals surface area (Å²) in [6.07, 6.45) is 0. The predicted molar refractivity (Wildman–Crippen MR) is 51.3 cm³/mol. The molecule has 1 N–H and O–H groups in total. The SMILES string of the molecule is CC1(C)CNCC(C)(C)COC1. The molecule has 1 aliphatic heterocycles. The van der Waals surface area contributed by atoms with Gasteiger partial charge in [-0.05, 0) is 0 Å². The summed E-state index contributed by atoms with van der Waals surface area (Å²) in [7, 11) is 0. The van der Waals surface area contributed by atoms with Crippen LogP contribution < -0.4 is 5.32 Å². The molecular formula is C10H21NO. The fourth-order valence-corrected chi connectivity index (χ4v) is 1.44. The fraction of sp³-hybridized carbons (Fsp3) is 1.00. The van der Waals surface area contributed by atoms with E-state index in [2.05, 4.69) is 33.0 Å². The number of hydrogen-bond donors (Lipinski definition) is 1. The zero-order chi connectivity index (χ0) is 9.24. The summed E-state index contributed by atoms with van der Waals surface area (Å²) in [5.41, 5.74) is 0.576. The van der Waals surface area contributed by atoms with Crippen molar-refractivity contribution in [1.29, 1.82) is 0 Å². The molecule has 0 bridgehead atoms. The highest BCUT2D eigenvalue weighted by molar-refractivity contribution is 4.79. The van der Waals surface area contributed by atoms with Crippen molar-refractivity contribution in [3.63, 3.8) is 0 Å². The molecule has 0 aromatic rings. The zero-order valence-electron chi connectivity index (χ0n) is 8.74. The second-order valence-corrected chi connectivity index (χ2v) is 5.42. The molecule has 72 valence electrons. The summed E-state index contributed by atoms with van der Waals surface area (Å²) in [5.74, 6) is 0. The maximum absolute atomic E-state index is 5.66. The minimum Gasteiger partial charge on any atom is -0.380 e. The topological polar surface area (TPSA) is 21.3 Å². The fourth-order valence-electron chi connectivity index (χ4n) is 1.44. The van der Waals surface area contributed by atoms with Crippen LogP contribution >= 0.6 is 0 Å². The number of ether oxygens (including phenoxy) is 1. The number of hydrogen-bond acceptors (Lipinski definition) is 2. The summed E-state index contributed by atoms with van der Waals surface area (Å²) in [5, 5.41) is 3.49. The van der Waals surface area contributed by atoms with Crippen molar-refractivity contribution in [3.8, 4) is 0 Å². The van der Waals surface area contributed by atoms with Crippen molar-refractivity contribution in [3.05, 3.63) is 0 Å². The van der Waals surface area contributed by atoms with Crippen LogP contribution in [0.25, 0.3) is 0 Å². The van der Waals surface area contributed by atoms with Gasteiger partial charge in [0.2, 0.25) is 0 Å². The Hall–Kier alpha value is -0.0800. The van der Waals surface area contributed by atoms with E-state index in [0.29, 0.717) is 0 Å². The zero-order valence-corrected chi connectivity index (χ0v) is 8.74. The Balaban J connectivity index is 2.45.